The van der Waals surface area contributed by atoms with Gasteiger partial charge in [0.25, 0.3) is 5.91 Å². The monoisotopic (exact) mass is 370 g/mol. The highest BCUT2D eigenvalue weighted by Gasteiger charge is 2.44. The van der Waals surface area contributed by atoms with E-state index in [0.29, 0.717) is 18.0 Å². The van der Waals surface area contributed by atoms with E-state index in [9.17, 15) is 9.59 Å². The van der Waals surface area contributed by atoms with Gasteiger partial charge in [-0.15, -0.1) is 11.3 Å². The van der Waals surface area contributed by atoms with Crippen molar-refractivity contribution in [1.82, 2.24) is 10.2 Å². The first-order valence-electron chi connectivity index (χ1n) is 9.13. The van der Waals surface area contributed by atoms with E-state index in [0.717, 1.165) is 10.4 Å². The SMILES string of the molecule is CC(C)CN1C(=O)c2ccccc2[C@@H](C(=O)NC(C)C)[C@H]1c1cccs1. The van der Waals surface area contributed by atoms with Crippen LogP contribution in [0, 0.1) is 5.92 Å². The summed E-state index contributed by atoms with van der Waals surface area (Å²) in [4.78, 5) is 29.4. The van der Waals surface area contributed by atoms with Gasteiger partial charge in [-0.2, -0.15) is 0 Å². The van der Waals surface area contributed by atoms with Gasteiger partial charge in [0, 0.05) is 23.0 Å². The maximum Gasteiger partial charge on any atom is 0.254 e. The van der Waals surface area contributed by atoms with Crippen molar-refractivity contribution in [3.63, 3.8) is 0 Å². The zero-order valence-electron chi connectivity index (χ0n) is 15.7. The first-order chi connectivity index (χ1) is 12.4. The highest BCUT2D eigenvalue weighted by Crippen LogP contribution is 2.44. The van der Waals surface area contributed by atoms with Crippen LogP contribution in [-0.4, -0.2) is 29.3 Å². The smallest absolute Gasteiger partial charge is 0.254 e. The molecule has 0 fully saturated rings. The fourth-order valence-corrected chi connectivity index (χ4v) is 4.49. The molecule has 0 bridgehead atoms. The van der Waals surface area contributed by atoms with E-state index < -0.39 is 5.92 Å². The number of benzene rings is 1. The number of fused-ring (bicyclic) bond motifs is 1. The van der Waals surface area contributed by atoms with Crippen molar-refractivity contribution in [3.8, 4) is 0 Å². The molecule has 2 atom stereocenters. The van der Waals surface area contributed by atoms with E-state index in [-0.39, 0.29) is 23.9 Å². The van der Waals surface area contributed by atoms with Crippen LogP contribution in [0.5, 0.6) is 0 Å². The zero-order valence-corrected chi connectivity index (χ0v) is 16.5. The number of amides is 2. The molecule has 2 aromatic rings. The lowest BCUT2D eigenvalue weighted by Crippen LogP contribution is -2.49. The fourth-order valence-electron chi connectivity index (χ4n) is 3.62. The molecular weight excluding hydrogens is 344 g/mol. The second-order valence-corrected chi connectivity index (χ2v) is 8.52. The second kappa shape index (κ2) is 7.62. The standard InChI is InChI=1S/C21H26N2O2S/c1-13(2)12-23-19(17-10-7-11-26-17)18(20(24)22-14(3)4)15-8-5-6-9-16(15)21(23)25/h5-11,13-14,18-19H,12H2,1-4H3,(H,22,24)/t18-,19-/m1/s1. The lowest BCUT2D eigenvalue weighted by Gasteiger charge is -2.42. The maximum absolute atomic E-state index is 13.2. The Morgan fingerprint density at radius 2 is 1.88 bits per heavy atom. The van der Waals surface area contributed by atoms with Gasteiger partial charge < -0.3 is 10.2 Å². The third-order valence-corrected chi connectivity index (χ3v) is 5.49. The van der Waals surface area contributed by atoms with Crippen molar-refractivity contribution >= 4 is 23.2 Å². The minimum Gasteiger partial charge on any atom is -0.353 e. The number of hydrogen-bond acceptors (Lipinski definition) is 3. The average Bonchev–Trinajstić information content (AvgIpc) is 3.10. The van der Waals surface area contributed by atoms with Crippen LogP contribution in [0.2, 0.25) is 0 Å². The van der Waals surface area contributed by atoms with Crippen molar-refractivity contribution < 1.29 is 9.59 Å². The molecular formula is C21H26N2O2S. The molecule has 1 aliphatic heterocycles. The van der Waals surface area contributed by atoms with E-state index in [2.05, 4.69) is 19.2 Å². The number of hydrogen-bond donors (Lipinski definition) is 1. The predicted molar refractivity (Wildman–Crippen MR) is 105 cm³/mol. The molecule has 1 aromatic heterocycles. The Labute approximate surface area is 159 Å². The molecule has 5 heteroatoms. The summed E-state index contributed by atoms with van der Waals surface area (Å²) in [7, 11) is 0. The van der Waals surface area contributed by atoms with Gasteiger partial charge in [0.1, 0.15) is 0 Å². The third-order valence-electron chi connectivity index (χ3n) is 4.55. The highest BCUT2D eigenvalue weighted by molar-refractivity contribution is 7.10. The Balaban J connectivity index is 2.16. The van der Waals surface area contributed by atoms with Gasteiger partial charge in [0.05, 0.1) is 12.0 Å². The normalized spacial score (nSPS) is 19.8. The second-order valence-electron chi connectivity index (χ2n) is 7.54. The van der Waals surface area contributed by atoms with Gasteiger partial charge in [0.15, 0.2) is 0 Å². The maximum atomic E-state index is 13.2. The van der Waals surface area contributed by atoms with Gasteiger partial charge in [-0.25, -0.2) is 0 Å². The number of carbonyl (C=O) groups is 2. The van der Waals surface area contributed by atoms with Crippen LogP contribution >= 0.6 is 11.3 Å². The molecule has 0 spiro atoms. The summed E-state index contributed by atoms with van der Waals surface area (Å²) in [5.74, 6) is -0.0856. The summed E-state index contributed by atoms with van der Waals surface area (Å²) in [5.41, 5.74) is 1.47. The molecule has 1 aromatic carbocycles. The van der Waals surface area contributed by atoms with Crippen molar-refractivity contribution in [3.05, 3.63) is 57.8 Å². The summed E-state index contributed by atoms with van der Waals surface area (Å²) >= 11 is 1.60. The van der Waals surface area contributed by atoms with Crippen LogP contribution in [-0.2, 0) is 4.79 Å². The molecule has 0 saturated heterocycles. The zero-order chi connectivity index (χ0) is 18.8. The van der Waals surface area contributed by atoms with Crippen LogP contribution in [0.25, 0.3) is 0 Å². The van der Waals surface area contributed by atoms with Crippen LogP contribution in [0.1, 0.15) is 60.5 Å². The van der Waals surface area contributed by atoms with Crippen molar-refractivity contribution in [2.45, 2.75) is 45.7 Å². The van der Waals surface area contributed by atoms with Crippen LogP contribution in [0.4, 0.5) is 0 Å². The molecule has 0 radical (unpaired) electrons. The number of rotatable bonds is 5. The van der Waals surface area contributed by atoms with Gasteiger partial charge in [0.2, 0.25) is 5.91 Å². The fraction of sp³-hybridized carbons (Fsp3) is 0.429. The van der Waals surface area contributed by atoms with E-state index in [4.69, 9.17) is 0 Å². The van der Waals surface area contributed by atoms with Crippen LogP contribution in [0.15, 0.2) is 41.8 Å². The Hall–Kier alpha value is -2.14. The molecule has 26 heavy (non-hydrogen) atoms. The number of thiophene rings is 1. The molecule has 1 N–H and O–H groups in total. The lowest BCUT2D eigenvalue weighted by molar-refractivity contribution is -0.124. The minimum absolute atomic E-state index is 0.0151. The first-order valence-corrected chi connectivity index (χ1v) is 10.0. The van der Waals surface area contributed by atoms with E-state index >= 15 is 0 Å². The summed E-state index contributed by atoms with van der Waals surface area (Å²) in [6.45, 7) is 8.75. The van der Waals surface area contributed by atoms with Crippen molar-refractivity contribution in [1.29, 1.82) is 0 Å². The number of nitrogens with one attached hydrogen (secondary N) is 1. The molecule has 3 rings (SSSR count). The van der Waals surface area contributed by atoms with Crippen molar-refractivity contribution in [2.75, 3.05) is 6.54 Å². The predicted octanol–water partition coefficient (Wildman–Crippen LogP) is 4.21. The summed E-state index contributed by atoms with van der Waals surface area (Å²) in [6, 6.07) is 11.3. The molecule has 2 heterocycles. The largest absolute Gasteiger partial charge is 0.353 e. The van der Waals surface area contributed by atoms with E-state index in [1.165, 1.54) is 0 Å². The Morgan fingerprint density at radius 1 is 1.15 bits per heavy atom. The summed E-state index contributed by atoms with van der Waals surface area (Å²) < 4.78 is 0. The Bertz CT molecular complexity index is 783. The van der Waals surface area contributed by atoms with Gasteiger partial charge in [-0.3, -0.25) is 9.59 Å². The third kappa shape index (κ3) is 3.54. The quantitative estimate of drug-likeness (QED) is 0.857. The summed E-state index contributed by atoms with van der Waals surface area (Å²) in [6.07, 6.45) is 0. The van der Waals surface area contributed by atoms with Gasteiger partial charge in [-0.1, -0.05) is 38.1 Å². The molecule has 138 valence electrons. The van der Waals surface area contributed by atoms with Crippen LogP contribution in [0.3, 0.4) is 0 Å². The highest BCUT2D eigenvalue weighted by atomic mass is 32.1. The molecule has 1 aliphatic rings. The van der Waals surface area contributed by atoms with Gasteiger partial charge in [-0.05, 0) is 42.8 Å². The number of nitrogens with zero attached hydrogens (tertiary/aromatic N) is 1. The van der Waals surface area contributed by atoms with Crippen molar-refractivity contribution in [2.24, 2.45) is 5.92 Å². The molecule has 2 amide bonds. The Morgan fingerprint density at radius 3 is 2.50 bits per heavy atom. The first kappa shape index (κ1) is 18.6. The average molecular weight is 371 g/mol. The Kier molecular flexibility index (Phi) is 5.47. The summed E-state index contributed by atoms with van der Waals surface area (Å²) in [5, 5.41) is 5.07. The minimum atomic E-state index is -0.399. The lowest BCUT2D eigenvalue weighted by atomic mass is 9.81. The molecule has 4 nitrogen and oxygen atoms in total. The van der Waals surface area contributed by atoms with E-state index in [1.54, 1.807) is 11.3 Å². The molecule has 0 unspecified atom stereocenters. The van der Waals surface area contributed by atoms with Crippen LogP contribution < -0.4 is 5.32 Å². The topological polar surface area (TPSA) is 49.4 Å². The number of carbonyl (C=O) groups excluding carboxylic acids is 2. The van der Waals surface area contributed by atoms with E-state index in [1.807, 2.05) is 60.5 Å². The molecule has 0 saturated carbocycles. The molecule has 0 aliphatic carbocycles. The van der Waals surface area contributed by atoms with Gasteiger partial charge >= 0.3 is 0 Å².